The minimum atomic E-state index is -0.121. The van der Waals surface area contributed by atoms with Gasteiger partial charge in [0.1, 0.15) is 0 Å². The Morgan fingerprint density at radius 3 is 2.10 bits per heavy atom. The highest BCUT2D eigenvalue weighted by molar-refractivity contribution is 7.26. The minimum absolute atomic E-state index is 0.121. The molecule has 2 aromatic heterocycles. The molecule has 0 unspecified atom stereocenters. The van der Waals surface area contributed by atoms with Crippen LogP contribution in [0.2, 0.25) is 0 Å². The SMILES string of the molecule is C=NC(=NC(=NCc1ccccc1)c1cccc(-c2cc(-n3c4ccccc4c4cc5c(cc43)C(C)(C)c3ccccc3-5)cc3c2sc2ccccc23)c1)c1ccccc1. The largest absolute Gasteiger partial charge is 0.309 e. The molecule has 11 rings (SSSR count). The standard InChI is InChI=1S/C55H40N4S/c1-55(2)47-26-13-10-23-40(47)44-32-45-41-24-11-14-27-49(41)59(50(45)33-48(44)55)39-30-43(52-46(31-39)42-25-12-15-28-51(42)60-52)37-21-16-22-38(29-37)54(57-34-35-17-6-4-7-18-35)58-53(56-3)36-19-8-5-9-20-36/h4-33H,3,34H2,1-2H3. The molecular weight excluding hydrogens is 749 g/mol. The predicted octanol–water partition coefficient (Wildman–Crippen LogP) is 14.2. The molecule has 0 N–H and O–H groups in total. The molecule has 4 nitrogen and oxygen atoms in total. The van der Waals surface area contributed by atoms with Gasteiger partial charge in [-0.3, -0.25) is 4.99 Å². The lowest BCUT2D eigenvalue weighted by molar-refractivity contribution is 0.661. The van der Waals surface area contributed by atoms with Gasteiger partial charge < -0.3 is 4.57 Å². The van der Waals surface area contributed by atoms with Crippen LogP contribution in [0.1, 0.15) is 41.7 Å². The van der Waals surface area contributed by atoms with Crippen LogP contribution in [0.5, 0.6) is 0 Å². The summed E-state index contributed by atoms with van der Waals surface area (Å²) >= 11 is 1.85. The molecule has 10 aromatic rings. The van der Waals surface area contributed by atoms with Gasteiger partial charge >= 0.3 is 0 Å². The van der Waals surface area contributed by atoms with Gasteiger partial charge in [0.25, 0.3) is 0 Å². The second-order valence-electron chi connectivity index (χ2n) is 16.1. The van der Waals surface area contributed by atoms with Crippen LogP contribution in [0.4, 0.5) is 0 Å². The molecule has 0 radical (unpaired) electrons. The summed E-state index contributed by atoms with van der Waals surface area (Å²) < 4.78 is 5.00. The number of hydrogen-bond acceptors (Lipinski definition) is 2. The van der Waals surface area contributed by atoms with Gasteiger partial charge in [-0.15, -0.1) is 11.3 Å². The van der Waals surface area contributed by atoms with E-state index in [0.29, 0.717) is 18.2 Å². The molecule has 60 heavy (non-hydrogen) atoms. The summed E-state index contributed by atoms with van der Waals surface area (Å²) in [6, 6.07) is 65.2. The third-order valence-electron chi connectivity index (χ3n) is 12.2. The lowest BCUT2D eigenvalue weighted by atomic mass is 9.82. The van der Waals surface area contributed by atoms with Crippen molar-refractivity contribution in [3.8, 4) is 27.9 Å². The highest BCUT2D eigenvalue weighted by Gasteiger charge is 2.36. The maximum absolute atomic E-state index is 5.13. The number of rotatable bonds is 6. The monoisotopic (exact) mass is 788 g/mol. The number of fused-ring (bicyclic) bond motifs is 9. The van der Waals surface area contributed by atoms with Gasteiger partial charge in [0.15, 0.2) is 11.7 Å². The first-order valence-electron chi connectivity index (χ1n) is 20.4. The van der Waals surface area contributed by atoms with E-state index >= 15 is 0 Å². The van der Waals surface area contributed by atoms with E-state index in [1.54, 1.807) is 0 Å². The van der Waals surface area contributed by atoms with Crippen LogP contribution in [0.15, 0.2) is 197 Å². The Hall–Kier alpha value is -7.21. The van der Waals surface area contributed by atoms with E-state index in [9.17, 15) is 0 Å². The van der Waals surface area contributed by atoms with Gasteiger partial charge in [-0.05, 0) is 82.6 Å². The zero-order valence-electron chi connectivity index (χ0n) is 33.4. The second kappa shape index (κ2) is 14.3. The summed E-state index contributed by atoms with van der Waals surface area (Å²) in [5, 5.41) is 5.01. The third-order valence-corrected chi connectivity index (χ3v) is 13.4. The smallest absolute Gasteiger partial charge is 0.161 e. The molecule has 0 saturated carbocycles. The highest BCUT2D eigenvalue weighted by atomic mass is 32.1. The molecule has 0 amide bonds. The Morgan fingerprint density at radius 1 is 0.550 bits per heavy atom. The van der Waals surface area contributed by atoms with Gasteiger partial charge in [0.2, 0.25) is 0 Å². The van der Waals surface area contributed by atoms with Crippen molar-refractivity contribution < 1.29 is 0 Å². The molecule has 0 saturated heterocycles. The van der Waals surface area contributed by atoms with Crippen LogP contribution in [0.25, 0.3) is 69.9 Å². The van der Waals surface area contributed by atoms with Gasteiger partial charge in [-0.25, -0.2) is 9.98 Å². The van der Waals surface area contributed by atoms with E-state index in [1.807, 2.05) is 59.9 Å². The van der Waals surface area contributed by atoms with Gasteiger partial charge in [0.05, 0.1) is 17.6 Å². The quantitative estimate of drug-likeness (QED) is 0.119. The van der Waals surface area contributed by atoms with E-state index in [1.165, 1.54) is 69.8 Å². The summed E-state index contributed by atoms with van der Waals surface area (Å²) in [5.74, 6) is 1.14. The second-order valence-corrected chi connectivity index (χ2v) is 17.1. The first-order valence-corrected chi connectivity index (χ1v) is 21.2. The van der Waals surface area contributed by atoms with Crippen LogP contribution in [0.3, 0.4) is 0 Å². The molecule has 0 bridgehead atoms. The van der Waals surface area contributed by atoms with Crippen molar-refractivity contribution in [1.29, 1.82) is 0 Å². The highest BCUT2D eigenvalue weighted by Crippen LogP contribution is 2.51. The van der Waals surface area contributed by atoms with Gasteiger partial charge in [-0.2, -0.15) is 0 Å². The van der Waals surface area contributed by atoms with E-state index in [-0.39, 0.29) is 5.41 Å². The van der Waals surface area contributed by atoms with Crippen molar-refractivity contribution in [2.45, 2.75) is 25.8 Å². The normalized spacial score (nSPS) is 13.6. The van der Waals surface area contributed by atoms with E-state index < -0.39 is 0 Å². The van der Waals surface area contributed by atoms with Gasteiger partial charge in [-0.1, -0.05) is 153 Å². The van der Waals surface area contributed by atoms with Crippen molar-refractivity contribution in [3.63, 3.8) is 0 Å². The van der Waals surface area contributed by atoms with Gasteiger partial charge in [0, 0.05) is 58.7 Å². The summed E-state index contributed by atoms with van der Waals surface area (Å²) in [5.41, 5.74) is 14.0. The predicted molar refractivity (Wildman–Crippen MR) is 256 cm³/mol. The minimum Gasteiger partial charge on any atom is -0.309 e. The Balaban J connectivity index is 1.14. The molecule has 0 atom stereocenters. The van der Waals surface area contributed by atoms with Crippen LogP contribution < -0.4 is 0 Å². The molecule has 286 valence electrons. The summed E-state index contributed by atoms with van der Waals surface area (Å²) in [6.45, 7) is 9.11. The van der Waals surface area contributed by atoms with E-state index in [4.69, 9.17) is 9.98 Å². The molecule has 8 aromatic carbocycles. The average Bonchev–Trinajstić information content (AvgIpc) is 3.91. The molecule has 2 heterocycles. The number of amidine groups is 2. The average molecular weight is 789 g/mol. The summed E-state index contributed by atoms with van der Waals surface area (Å²) in [7, 11) is 0. The number of aliphatic imine (C=N–C) groups is 3. The Morgan fingerprint density at radius 2 is 1.27 bits per heavy atom. The van der Waals surface area contributed by atoms with Crippen molar-refractivity contribution in [1.82, 2.24) is 4.57 Å². The van der Waals surface area contributed by atoms with Crippen molar-refractivity contribution in [3.05, 3.63) is 210 Å². The van der Waals surface area contributed by atoms with Crippen molar-refractivity contribution >= 4 is 71.7 Å². The first kappa shape index (κ1) is 35.9. The Labute approximate surface area is 353 Å². The topological polar surface area (TPSA) is 42.0 Å². The lowest BCUT2D eigenvalue weighted by Crippen LogP contribution is -2.14. The van der Waals surface area contributed by atoms with Crippen LogP contribution in [-0.2, 0) is 12.0 Å². The first-order chi connectivity index (χ1) is 29.5. The van der Waals surface area contributed by atoms with Crippen molar-refractivity contribution in [2.24, 2.45) is 15.0 Å². The maximum atomic E-state index is 5.13. The third kappa shape index (κ3) is 5.84. The van der Waals surface area contributed by atoms with Crippen LogP contribution >= 0.6 is 11.3 Å². The Bertz CT molecular complexity index is 3380. The molecule has 0 aliphatic heterocycles. The number of benzene rings is 8. The number of hydrogen-bond donors (Lipinski definition) is 0. The Kier molecular flexibility index (Phi) is 8.54. The van der Waals surface area contributed by atoms with Crippen LogP contribution in [0, 0.1) is 0 Å². The van der Waals surface area contributed by atoms with E-state index in [0.717, 1.165) is 27.9 Å². The number of nitrogens with zero attached hydrogens (tertiary/aromatic N) is 4. The fraction of sp³-hybridized carbons (Fsp3) is 0.0727. The zero-order valence-corrected chi connectivity index (χ0v) is 34.2. The number of aromatic nitrogens is 1. The number of para-hydroxylation sites is 1. The molecule has 0 fully saturated rings. The van der Waals surface area contributed by atoms with Crippen LogP contribution in [-0.4, -0.2) is 23.0 Å². The summed E-state index contributed by atoms with van der Waals surface area (Å²) in [6.07, 6.45) is 0. The van der Waals surface area contributed by atoms with Crippen molar-refractivity contribution in [2.75, 3.05) is 0 Å². The molecule has 5 heteroatoms. The van der Waals surface area contributed by atoms with E-state index in [2.05, 4.69) is 164 Å². The fourth-order valence-electron chi connectivity index (χ4n) is 9.24. The summed E-state index contributed by atoms with van der Waals surface area (Å²) in [4.78, 5) is 14.6. The molecule has 1 aliphatic carbocycles. The maximum Gasteiger partial charge on any atom is 0.161 e. The molecule has 1 aliphatic rings. The molecular formula is C55H40N4S. The lowest BCUT2D eigenvalue weighted by Gasteiger charge is -2.21. The molecule has 0 spiro atoms. The fourth-order valence-corrected chi connectivity index (χ4v) is 10.5. The zero-order chi connectivity index (χ0) is 40.4. The number of thiophene rings is 1.